The largest absolute Gasteiger partial charge is 0.462 e. The van der Waals surface area contributed by atoms with Crippen molar-refractivity contribution in [1.29, 1.82) is 0 Å². The van der Waals surface area contributed by atoms with Crippen LogP contribution in [0.15, 0.2) is 71.6 Å². The first kappa shape index (κ1) is 19.4. The van der Waals surface area contributed by atoms with Crippen LogP contribution in [0, 0.1) is 0 Å². The van der Waals surface area contributed by atoms with Crippen LogP contribution < -0.4 is 4.90 Å². The molecule has 3 aromatic carbocycles. The minimum Gasteiger partial charge on any atom is -0.462 e. The highest BCUT2D eigenvalue weighted by molar-refractivity contribution is 8.27. The van der Waals surface area contributed by atoms with Gasteiger partial charge in [0.05, 0.1) is 22.8 Å². The number of carbonyl (C=O) groups excluding carboxylic acids is 2. The Balaban J connectivity index is 1.64. The normalized spacial score (nSPS) is 15.3. The average molecular weight is 420 g/mol. The lowest BCUT2D eigenvalue weighted by atomic mass is 10.0. The lowest BCUT2D eigenvalue weighted by Crippen LogP contribution is -2.27. The van der Waals surface area contributed by atoms with Crippen LogP contribution in [-0.4, -0.2) is 22.8 Å². The summed E-state index contributed by atoms with van der Waals surface area (Å²) in [6.45, 7) is 2.07. The van der Waals surface area contributed by atoms with Crippen molar-refractivity contribution in [3.63, 3.8) is 0 Å². The summed E-state index contributed by atoms with van der Waals surface area (Å²) in [5.74, 6) is -0.558. The lowest BCUT2D eigenvalue weighted by Gasteiger charge is -2.14. The number of hydrogen-bond donors (Lipinski definition) is 0. The molecule has 1 fully saturated rings. The quantitative estimate of drug-likeness (QED) is 0.321. The van der Waals surface area contributed by atoms with Gasteiger partial charge in [-0.25, -0.2) is 4.79 Å². The zero-order valence-corrected chi connectivity index (χ0v) is 17.3. The Bertz CT molecular complexity index is 1150. The van der Waals surface area contributed by atoms with Crippen molar-refractivity contribution in [2.45, 2.75) is 6.92 Å². The van der Waals surface area contributed by atoms with Gasteiger partial charge in [-0.15, -0.1) is 0 Å². The standard InChI is InChI=1S/C23H17NO3S2/c1-2-27-22(26)16-10-12-18(13-11-16)24-21(25)20(29-23(24)28)14-17-8-5-7-15-6-3-4-9-19(15)17/h3-14H,2H2,1H3/b20-14-. The molecule has 1 aliphatic heterocycles. The van der Waals surface area contributed by atoms with Gasteiger partial charge in [0.1, 0.15) is 0 Å². The fourth-order valence-corrected chi connectivity index (χ4v) is 4.46. The monoisotopic (exact) mass is 419 g/mol. The second kappa shape index (κ2) is 8.19. The first-order valence-corrected chi connectivity index (χ1v) is 10.3. The van der Waals surface area contributed by atoms with Crippen molar-refractivity contribution in [2.24, 2.45) is 0 Å². The van der Waals surface area contributed by atoms with Crippen molar-refractivity contribution in [3.8, 4) is 0 Å². The van der Waals surface area contributed by atoms with Gasteiger partial charge < -0.3 is 4.74 Å². The molecule has 1 heterocycles. The van der Waals surface area contributed by atoms with Crippen molar-refractivity contribution in [2.75, 3.05) is 11.5 Å². The summed E-state index contributed by atoms with van der Waals surface area (Å²) >= 11 is 6.73. The summed E-state index contributed by atoms with van der Waals surface area (Å²) in [4.78, 5) is 26.9. The second-order valence-electron chi connectivity index (χ2n) is 6.35. The van der Waals surface area contributed by atoms with Gasteiger partial charge in [0, 0.05) is 0 Å². The predicted octanol–water partition coefficient (Wildman–Crippen LogP) is 5.42. The molecule has 0 unspecified atom stereocenters. The maximum atomic E-state index is 13.0. The Morgan fingerprint density at radius 1 is 1.07 bits per heavy atom. The fourth-order valence-electron chi connectivity index (χ4n) is 3.17. The third kappa shape index (κ3) is 3.81. The first-order valence-electron chi connectivity index (χ1n) is 9.11. The van der Waals surface area contributed by atoms with Crippen molar-refractivity contribution in [3.05, 3.63) is 82.8 Å². The number of fused-ring (bicyclic) bond motifs is 1. The maximum Gasteiger partial charge on any atom is 0.338 e. The van der Waals surface area contributed by atoms with Gasteiger partial charge in [0.15, 0.2) is 4.32 Å². The van der Waals surface area contributed by atoms with Gasteiger partial charge in [-0.05, 0) is 53.6 Å². The Kier molecular flexibility index (Phi) is 5.47. The number of hydrogen-bond acceptors (Lipinski definition) is 5. The number of ether oxygens (including phenoxy) is 1. The van der Waals surface area contributed by atoms with Crippen LogP contribution >= 0.6 is 24.0 Å². The highest BCUT2D eigenvalue weighted by atomic mass is 32.2. The summed E-state index contributed by atoms with van der Waals surface area (Å²) in [6.07, 6.45) is 1.88. The minimum atomic E-state index is -0.389. The smallest absolute Gasteiger partial charge is 0.338 e. The predicted molar refractivity (Wildman–Crippen MR) is 122 cm³/mol. The van der Waals surface area contributed by atoms with E-state index in [1.54, 1.807) is 31.2 Å². The number of amides is 1. The number of rotatable bonds is 4. The molecule has 1 saturated heterocycles. The molecule has 0 aliphatic carbocycles. The molecule has 0 atom stereocenters. The van der Waals surface area contributed by atoms with Crippen LogP contribution in [0.5, 0.6) is 0 Å². The third-order valence-electron chi connectivity index (χ3n) is 4.54. The number of benzene rings is 3. The van der Waals surface area contributed by atoms with Gasteiger partial charge in [-0.1, -0.05) is 66.4 Å². The fraction of sp³-hybridized carbons (Fsp3) is 0.0870. The minimum absolute atomic E-state index is 0.170. The molecule has 0 aromatic heterocycles. The maximum absolute atomic E-state index is 13.0. The molecule has 1 amide bonds. The van der Waals surface area contributed by atoms with Crippen molar-refractivity contribution >= 4 is 62.7 Å². The van der Waals surface area contributed by atoms with E-state index in [0.717, 1.165) is 16.3 Å². The number of carbonyl (C=O) groups is 2. The Hall–Kier alpha value is -2.96. The number of anilines is 1. The third-order valence-corrected chi connectivity index (χ3v) is 5.84. The molecule has 6 heteroatoms. The first-order chi connectivity index (χ1) is 14.1. The number of nitrogens with zero attached hydrogens (tertiary/aromatic N) is 1. The van der Waals surface area contributed by atoms with Crippen LogP contribution in [0.3, 0.4) is 0 Å². The Morgan fingerprint density at radius 2 is 1.79 bits per heavy atom. The molecule has 29 heavy (non-hydrogen) atoms. The zero-order chi connectivity index (χ0) is 20.4. The molecule has 0 saturated carbocycles. The summed E-state index contributed by atoms with van der Waals surface area (Å²) in [5.41, 5.74) is 2.04. The van der Waals surface area contributed by atoms with Crippen LogP contribution in [0.4, 0.5) is 5.69 Å². The SMILES string of the molecule is CCOC(=O)c1ccc(N2C(=O)/C(=C/c3cccc4ccccc34)SC2=S)cc1. The van der Waals surface area contributed by atoms with E-state index in [4.69, 9.17) is 17.0 Å². The molecule has 144 valence electrons. The van der Waals surface area contributed by atoms with Crippen LogP contribution in [0.25, 0.3) is 16.8 Å². The molecular weight excluding hydrogens is 402 g/mol. The van der Waals surface area contributed by atoms with E-state index in [0.29, 0.717) is 27.1 Å². The Labute approximate surface area is 178 Å². The van der Waals surface area contributed by atoms with Crippen LogP contribution in [0.2, 0.25) is 0 Å². The highest BCUT2D eigenvalue weighted by Gasteiger charge is 2.33. The summed E-state index contributed by atoms with van der Waals surface area (Å²) in [6, 6.07) is 20.8. The number of thioether (sulfide) groups is 1. The van der Waals surface area contributed by atoms with Gasteiger partial charge in [0.2, 0.25) is 0 Å². The molecule has 0 spiro atoms. The molecule has 0 radical (unpaired) electrons. The number of thiocarbonyl (C=S) groups is 1. The van der Waals surface area contributed by atoms with E-state index >= 15 is 0 Å². The molecule has 4 rings (SSSR count). The topological polar surface area (TPSA) is 46.6 Å². The van der Waals surface area contributed by atoms with Crippen molar-refractivity contribution < 1.29 is 14.3 Å². The van der Waals surface area contributed by atoms with E-state index in [-0.39, 0.29) is 11.9 Å². The van der Waals surface area contributed by atoms with Crippen LogP contribution in [-0.2, 0) is 9.53 Å². The average Bonchev–Trinajstić information content (AvgIpc) is 3.01. The van der Waals surface area contributed by atoms with Gasteiger partial charge >= 0.3 is 5.97 Å². The molecule has 0 N–H and O–H groups in total. The second-order valence-corrected chi connectivity index (χ2v) is 8.03. The van der Waals surface area contributed by atoms with E-state index in [9.17, 15) is 9.59 Å². The zero-order valence-electron chi connectivity index (χ0n) is 15.6. The molecule has 0 bridgehead atoms. The Morgan fingerprint density at radius 3 is 2.55 bits per heavy atom. The van der Waals surface area contributed by atoms with E-state index in [2.05, 4.69) is 0 Å². The van der Waals surface area contributed by atoms with Gasteiger partial charge in [0.25, 0.3) is 5.91 Å². The molecule has 4 nitrogen and oxygen atoms in total. The summed E-state index contributed by atoms with van der Waals surface area (Å²) in [7, 11) is 0. The summed E-state index contributed by atoms with van der Waals surface area (Å²) in [5, 5.41) is 2.20. The molecule has 3 aromatic rings. The van der Waals surface area contributed by atoms with Gasteiger partial charge in [-0.3, -0.25) is 9.69 Å². The van der Waals surface area contributed by atoms with Crippen LogP contribution in [0.1, 0.15) is 22.8 Å². The lowest BCUT2D eigenvalue weighted by molar-refractivity contribution is -0.113. The van der Waals surface area contributed by atoms with Gasteiger partial charge in [-0.2, -0.15) is 0 Å². The van der Waals surface area contributed by atoms with E-state index in [1.165, 1.54) is 16.7 Å². The van der Waals surface area contributed by atoms with E-state index < -0.39 is 0 Å². The molecule has 1 aliphatic rings. The summed E-state index contributed by atoms with van der Waals surface area (Å²) < 4.78 is 5.46. The van der Waals surface area contributed by atoms with E-state index in [1.807, 2.05) is 48.5 Å². The molecular formula is C23H17NO3S2. The highest BCUT2D eigenvalue weighted by Crippen LogP contribution is 2.37. The number of esters is 1. The van der Waals surface area contributed by atoms with Crippen molar-refractivity contribution in [1.82, 2.24) is 0 Å².